The summed E-state index contributed by atoms with van der Waals surface area (Å²) in [4.78, 5) is 16.7. The van der Waals surface area contributed by atoms with Crippen LogP contribution in [0.5, 0.6) is 0 Å². The van der Waals surface area contributed by atoms with Crippen LogP contribution >= 0.6 is 0 Å². The van der Waals surface area contributed by atoms with E-state index in [0.717, 1.165) is 45.7 Å². The number of nitrogens with zero attached hydrogens (tertiary/aromatic N) is 2. The van der Waals surface area contributed by atoms with Crippen molar-refractivity contribution in [2.24, 2.45) is 0 Å². The molecule has 2 aliphatic heterocycles. The fourth-order valence-corrected chi connectivity index (χ4v) is 3.31. The van der Waals surface area contributed by atoms with E-state index < -0.39 is 0 Å². The zero-order chi connectivity index (χ0) is 13.1. The number of likely N-dealkylation sites (tertiary alicyclic amines) is 1. The summed E-state index contributed by atoms with van der Waals surface area (Å²) in [6, 6.07) is 0.617. The van der Waals surface area contributed by atoms with Crippen molar-refractivity contribution in [3.63, 3.8) is 0 Å². The number of hydrogen-bond acceptors (Lipinski definition) is 3. The van der Waals surface area contributed by atoms with Crippen LogP contribution < -0.4 is 5.32 Å². The Morgan fingerprint density at radius 3 is 2.74 bits per heavy atom. The van der Waals surface area contributed by atoms with E-state index in [9.17, 15) is 4.79 Å². The summed E-state index contributed by atoms with van der Waals surface area (Å²) < 4.78 is 0. The molecule has 0 bridgehead atoms. The Bertz CT molecular complexity index is 354. The van der Waals surface area contributed by atoms with Crippen LogP contribution in [0.15, 0.2) is 11.6 Å². The molecule has 4 heteroatoms. The highest BCUT2D eigenvalue weighted by atomic mass is 16.2. The van der Waals surface area contributed by atoms with E-state index in [1.54, 1.807) is 0 Å². The zero-order valence-electron chi connectivity index (χ0n) is 11.7. The molecule has 0 aromatic heterocycles. The lowest BCUT2D eigenvalue weighted by atomic mass is 9.96. The lowest BCUT2D eigenvalue weighted by Crippen LogP contribution is -2.63. The number of carbonyl (C=O) groups is 1. The van der Waals surface area contributed by atoms with Crippen LogP contribution in [0.3, 0.4) is 0 Å². The maximum Gasteiger partial charge on any atom is 0.226 e. The first kappa shape index (κ1) is 13.1. The predicted molar refractivity (Wildman–Crippen MR) is 76.0 cm³/mol. The molecule has 1 N–H and O–H groups in total. The van der Waals surface area contributed by atoms with Gasteiger partial charge in [0.1, 0.15) is 0 Å². The Labute approximate surface area is 115 Å². The maximum atomic E-state index is 12.2. The van der Waals surface area contributed by atoms with Gasteiger partial charge in [0.25, 0.3) is 0 Å². The first-order chi connectivity index (χ1) is 9.33. The number of rotatable bonds is 3. The standard InChI is InChI=1S/C15H25N3O/c19-15(10-13-4-2-1-3-5-13)18-11-14(12-18)17-8-6-16-7-9-17/h4,14,16H,1-3,5-12H2. The van der Waals surface area contributed by atoms with Crippen LogP contribution in [0.4, 0.5) is 0 Å². The highest BCUT2D eigenvalue weighted by Gasteiger charge is 2.34. The van der Waals surface area contributed by atoms with Gasteiger partial charge < -0.3 is 10.2 Å². The summed E-state index contributed by atoms with van der Waals surface area (Å²) in [6.45, 7) is 6.36. The molecule has 0 atom stereocenters. The summed E-state index contributed by atoms with van der Waals surface area (Å²) in [5.41, 5.74) is 1.38. The molecule has 0 unspecified atom stereocenters. The first-order valence-electron chi connectivity index (χ1n) is 7.73. The molecule has 0 aromatic rings. The molecule has 1 amide bonds. The van der Waals surface area contributed by atoms with Gasteiger partial charge in [0.15, 0.2) is 0 Å². The van der Waals surface area contributed by atoms with Crippen molar-refractivity contribution in [3.8, 4) is 0 Å². The molecule has 0 spiro atoms. The summed E-state index contributed by atoms with van der Waals surface area (Å²) in [5, 5.41) is 3.38. The minimum absolute atomic E-state index is 0.347. The maximum absolute atomic E-state index is 12.2. The van der Waals surface area contributed by atoms with E-state index in [4.69, 9.17) is 0 Å². The van der Waals surface area contributed by atoms with Crippen LogP contribution in [0.2, 0.25) is 0 Å². The summed E-state index contributed by atoms with van der Waals surface area (Å²) in [5.74, 6) is 0.347. The monoisotopic (exact) mass is 263 g/mol. The fraction of sp³-hybridized carbons (Fsp3) is 0.800. The van der Waals surface area contributed by atoms with Gasteiger partial charge in [-0.3, -0.25) is 9.69 Å². The molecule has 2 fully saturated rings. The average molecular weight is 263 g/mol. The molecule has 2 saturated heterocycles. The van der Waals surface area contributed by atoms with Crippen molar-refractivity contribution >= 4 is 5.91 Å². The second kappa shape index (κ2) is 6.06. The molecule has 3 rings (SSSR count). The smallest absolute Gasteiger partial charge is 0.226 e. The van der Waals surface area contributed by atoms with Gasteiger partial charge in [-0.15, -0.1) is 0 Å². The van der Waals surface area contributed by atoms with E-state index in [1.807, 2.05) is 4.90 Å². The predicted octanol–water partition coefficient (Wildman–Crippen LogP) is 0.993. The van der Waals surface area contributed by atoms with E-state index in [0.29, 0.717) is 18.4 Å². The van der Waals surface area contributed by atoms with Crippen LogP contribution in [-0.4, -0.2) is 61.0 Å². The van der Waals surface area contributed by atoms with Crippen LogP contribution in [0, 0.1) is 0 Å². The van der Waals surface area contributed by atoms with Crippen molar-refractivity contribution in [2.75, 3.05) is 39.3 Å². The van der Waals surface area contributed by atoms with Crippen molar-refractivity contribution < 1.29 is 4.79 Å². The summed E-state index contributed by atoms with van der Waals surface area (Å²) in [6.07, 6.45) is 7.84. The molecule has 0 aromatic carbocycles. The highest BCUT2D eigenvalue weighted by Crippen LogP contribution is 2.23. The Morgan fingerprint density at radius 2 is 2.05 bits per heavy atom. The Hall–Kier alpha value is -0.870. The molecule has 0 radical (unpaired) electrons. The van der Waals surface area contributed by atoms with Crippen molar-refractivity contribution in [2.45, 2.75) is 38.1 Å². The molecule has 2 heterocycles. The number of nitrogens with one attached hydrogen (secondary N) is 1. The zero-order valence-corrected chi connectivity index (χ0v) is 11.7. The van der Waals surface area contributed by atoms with E-state index in [1.165, 1.54) is 24.8 Å². The van der Waals surface area contributed by atoms with Gasteiger partial charge >= 0.3 is 0 Å². The van der Waals surface area contributed by atoms with Crippen molar-refractivity contribution in [1.29, 1.82) is 0 Å². The first-order valence-corrected chi connectivity index (χ1v) is 7.73. The third-order valence-corrected chi connectivity index (χ3v) is 4.65. The van der Waals surface area contributed by atoms with Crippen LogP contribution in [-0.2, 0) is 4.79 Å². The fourth-order valence-electron chi connectivity index (χ4n) is 3.31. The minimum Gasteiger partial charge on any atom is -0.339 e. The Balaban J connectivity index is 1.42. The second-order valence-electron chi connectivity index (χ2n) is 6.02. The Kier molecular flexibility index (Phi) is 4.18. The molecule has 1 aliphatic carbocycles. The lowest BCUT2D eigenvalue weighted by molar-refractivity contribution is -0.138. The molecular formula is C15H25N3O. The number of carbonyl (C=O) groups excluding carboxylic acids is 1. The third-order valence-electron chi connectivity index (χ3n) is 4.65. The number of piperazine rings is 1. The molecule has 106 valence electrons. The largest absolute Gasteiger partial charge is 0.339 e. The molecule has 0 saturated carbocycles. The van der Waals surface area contributed by atoms with E-state index >= 15 is 0 Å². The quantitative estimate of drug-likeness (QED) is 0.772. The van der Waals surface area contributed by atoms with Gasteiger partial charge in [-0.2, -0.15) is 0 Å². The van der Waals surface area contributed by atoms with Gasteiger partial charge in [-0.25, -0.2) is 0 Å². The molecule has 19 heavy (non-hydrogen) atoms. The molecule has 3 aliphatic rings. The number of allylic oxidation sites excluding steroid dienone is 1. The average Bonchev–Trinajstić information content (AvgIpc) is 2.39. The highest BCUT2D eigenvalue weighted by molar-refractivity contribution is 5.79. The molecular weight excluding hydrogens is 238 g/mol. The van der Waals surface area contributed by atoms with Crippen LogP contribution in [0.25, 0.3) is 0 Å². The van der Waals surface area contributed by atoms with Crippen LogP contribution in [0.1, 0.15) is 32.1 Å². The van der Waals surface area contributed by atoms with E-state index in [2.05, 4.69) is 16.3 Å². The van der Waals surface area contributed by atoms with Gasteiger partial charge in [0.05, 0.1) is 0 Å². The van der Waals surface area contributed by atoms with Gasteiger partial charge in [0.2, 0.25) is 5.91 Å². The Morgan fingerprint density at radius 1 is 1.26 bits per heavy atom. The van der Waals surface area contributed by atoms with Gasteiger partial charge in [-0.1, -0.05) is 11.6 Å². The summed E-state index contributed by atoms with van der Waals surface area (Å²) >= 11 is 0. The second-order valence-corrected chi connectivity index (χ2v) is 6.02. The lowest BCUT2D eigenvalue weighted by Gasteiger charge is -2.47. The molecule has 4 nitrogen and oxygen atoms in total. The van der Waals surface area contributed by atoms with Gasteiger partial charge in [0, 0.05) is 51.7 Å². The normalized spacial score (nSPS) is 25.9. The van der Waals surface area contributed by atoms with Gasteiger partial charge in [-0.05, 0) is 25.7 Å². The third kappa shape index (κ3) is 3.18. The SMILES string of the molecule is O=C(CC1=CCCCC1)N1CC(N2CCNCC2)C1. The van der Waals surface area contributed by atoms with E-state index in [-0.39, 0.29) is 0 Å². The van der Waals surface area contributed by atoms with Crippen molar-refractivity contribution in [1.82, 2.24) is 15.1 Å². The topological polar surface area (TPSA) is 35.6 Å². The number of hydrogen-bond donors (Lipinski definition) is 1. The summed E-state index contributed by atoms with van der Waals surface area (Å²) in [7, 11) is 0. The minimum atomic E-state index is 0.347. The van der Waals surface area contributed by atoms with Crippen molar-refractivity contribution in [3.05, 3.63) is 11.6 Å². The number of amides is 1.